The molecule has 0 radical (unpaired) electrons. The van der Waals surface area contributed by atoms with Crippen molar-refractivity contribution in [3.05, 3.63) is 29.6 Å². The molecule has 2 rings (SSSR count). The predicted molar refractivity (Wildman–Crippen MR) is 74.1 cm³/mol. The average molecular weight is 300 g/mol. The molecule has 0 aromatic heterocycles. The highest BCUT2D eigenvalue weighted by Crippen LogP contribution is 2.35. The molecular weight excluding hydrogens is 281 g/mol. The zero-order chi connectivity index (χ0) is 15.5. The highest BCUT2D eigenvalue weighted by atomic mass is 19.2. The number of anilines is 1. The van der Waals surface area contributed by atoms with Gasteiger partial charge < -0.3 is 11.1 Å². The molecular formula is C15H19F3N2O. The lowest BCUT2D eigenvalue weighted by atomic mass is 9.79. The Morgan fingerprint density at radius 3 is 2.29 bits per heavy atom. The molecule has 0 spiro atoms. The molecule has 3 nitrogen and oxygen atoms in total. The molecule has 0 heterocycles. The Morgan fingerprint density at radius 2 is 1.71 bits per heavy atom. The van der Waals surface area contributed by atoms with Gasteiger partial charge in [0.1, 0.15) is 0 Å². The molecule has 3 N–H and O–H groups in total. The minimum atomic E-state index is -1.59. The summed E-state index contributed by atoms with van der Waals surface area (Å²) >= 11 is 0. The van der Waals surface area contributed by atoms with E-state index in [2.05, 4.69) is 5.32 Å². The first kappa shape index (κ1) is 15.8. The van der Waals surface area contributed by atoms with Gasteiger partial charge in [0, 0.05) is 6.54 Å². The van der Waals surface area contributed by atoms with E-state index in [4.69, 9.17) is 5.73 Å². The molecule has 116 valence electrons. The summed E-state index contributed by atoms with van der Waals surface area (Å²) in [5, 5.41) is 2.37. The summed E-state index contributed by atoms with van der Waals surface area (Å²) in [6.45, 7) is 0.157. The van der Waals surface area contributed by atoms with Gasteiger partial charge in [0.25, 0.3) is 0 Å². The quantitative estimate of drug-likeness (QED) is 0.664. The standard InChI is InChI=1S/C15H19F3N2O/c16-10-5-6-11(13(18)12(10)17)20-14(21)15(9-19)7-3-1-2-4-8-15/h5-6H,1-4,7-9,19H2,(H,20,21). The van der Waals surface area contributed by atoms with Gasteiger partial charge in [0.05, 0.1) is 11.1 Å². The van der Waals surface area contributed by atoms with E-state index >= 15 is 0 Å². The van der Waals surface area contributed by atoms with Crippen LogP contribution in [0.1, 0.15) is 38.5 Å². The van der Waals surface area contributed by atoms with Crippen LogP contribution in [0.15, 0.2) is 12.1 Å². The van der Waals surface area contributed by atoms with Gasteiger partial charge in [-0.25, -0.2) is 13.2 Å². The maximum absolute atomic E-state index is 13.6. The van der Waals surface area contributed by atoms with Crippen LogP contribution in [0.3, 0.4) is 0 Å². The zero-order valence-corrected chi connectivity index (χ0v) is 11.7. The number of carbonyl (C=O) groups excluding carboxylic acids is 1. The number of halogens is 3. The first-order chi connectivity index (χ1) is 10.00. The number of nitrogens with two attached hydrogens (primary N) is 1. The number of amides is 1. The van der Waals surface area contributed by atoms with Crippen molar-refractivity contribution in [2.75, 3.05) is 11.9 Å². The van der Waals surface area contributed by atoms with Gasteiger partial charge in [0.2, 0.25) is 5.91 Å². The minimum Gasteiger partial charge on any atom is -0.329 e. The molecule has 1 fully saturated rings. The van der Waals surface area contributed by atoms with Crippen LogP contribution >= 0.6 is 0 Å². The number of carbonyl (C=O) groups is 1. The molecule has 1 aromatic carbocycles. The maximum Gasteiger partial charge on any atom is 0.231 e. The van der Waals surface area contributed by atoms with Crippen LogP contribution in [0.2, 0.25) is 0 Å². The fraction of sp³-hybridized carbons (Fsp3) is 0.533. The molecule has 21 heavy (non-hydrogen) atoms. The normalized spacial score (nSPS) is 18.1. The largest absolute Gasteiger partial charge is 0.329 e. The van der Waals surface area contributed by atoms with Crippen molar-refractivity contribution in [1.82, 2.24) is 0 Å². The highest BCUT2D eigenvalue weighted by molar-refractivity contribution is 5.95. The summed E-state index contributed by atoms with van der Waals surface area (Å²) in [5.74, 6) is -4.68. The van der Waals surface area contributed by atoms with E-state index in [-0.39, 0.29) is 12.2 Å². The van der Waals surface area contributed by atoms with Gasteiger partial charge in [0.15, 0.2) is 17.5 Å². The van der Waals surface area contributed by atoms with Crippen LogP contribution in [0, 0.1) is 22.9 Å². The number of hydrogen-bond acceptors (Lipinski definition) is 2. The Kier molecular flexibility index (Phi) is 4.88. The molecule has 0 saturated heterocycles. The van der Waals surface area contributed by atoms with E-state index in [9.17, 15) is 18.0 Å². The Hall–Kier alpha value is -1.56. The number of hydrogen-bond donors (Lipinski definition) is 2. The van der Waals surface area contributed by atoms with E-state index in [1.807, 2.05) is 0 Å². The van der Waals surface area contributed by atoms with Gasteiger partial charge in [-0.05, 0) is 25.0 Å². The minimum absolute atomic E-state index is 0.157. The van der Waals surface area contributed by atoms with Crippen LogP contribution in [0.5, 0.6) is 0 Å². The van der Waals surface area contributed by atoms with Crippen molar-refractivity contribution in [3.63, 3.8) is 0 Å². The molecule has 6 heteroatoms. The first-order valence-corrected chi connectivity index (χ1v) is 7.15. The molecule has 0 aliphatic heterocycles. The molecule has 1 amide bonds. The molecule has 0 unspecified atom stereocenters. The van der Waals surface area contributed by atoms with E-state index in [1.165, 1.54) is 0 Å². The molecule has 1 aromatic rings. The third-order valence-corrected chi connectivity index (χ3v) is 4.22. The van der Waals surface area contributed by atoms with E-state index in [1.54, 1.807) is 0 Å². The summed E-state index contributed by atoms with van der Waals surface area (Å²) in [6.07, 6.45) is 5.08. The molecule has 1 saturated carbocycles. The lowest BCUT2D eigenvalue weighted by Crippen LogP contribution is -2.42. The molecule has 1 aliphatic rings. The second kappa shape index (κ2) is 6.47. The fourth-order valence-corrected chi connectivity index (χ4v) is 2.81. The van der Waals surface area contributed by atoms with Gasteiger partial charge in [-0.3, -0.25) is 4.79 Å². The second-order valence-electron chi connectivity index (χ2n) is 5.58. The highest BCUT2D eigenvalue weighted by Gasteiger charge is 2.37. The van der Waals surface area contributed by atoms with Crippen LogP contribution in [0.4, 0.5) is 18.9 Å². The lowest BCUT2D eigenvalue weighted by molar-refractivity contribution is -0.125. The topological polar surface area (TPSA) is 55.1 Å². The Balaban J connectivity index is 2.21. The number of benzene rings is 1. The van der Waals surface area contributed by atoms with Crippen molar-refractivity contribution in [3.8, 4) is 0 Å². The Morgan fingerprint density at radius 1 is 1.10 bits per heavy atom. The predicted octanol–water partition coefficient (Wildman–Crippen LogP) is 3.34. The zero-order valence-electron chi connectivity index (χ0n) is 11.7. The smallest absolute Gasteiger partial charge is 0.231 e. The Labute approximate surface area is 121 Å². The SMILES string of the molecule is NCC1(C(=O)Nc2ccc(F)c(F)c2F)CCCCCC1. The van der Waals surface area contributed by atoms with Crippen LogP contribution < -0.4 is 11.1 Å². The van der Waals surface area contributed by atoms with Gasteiger partial charge >= 0.3 is 0 Å². The van der Waals surface area contributed by atoms with Crippen molar-refractivity contribution in [1.29, 1.82) is 0 Å². The van der Waals surface area contributed by atoms with Crippen LogP contribution in [-0.4, -0.2) is 12.5 Å². The van der Waals surface area contributed by atoms with Crippen molar-refractivity contribution in [2.45, 2.75) is 38.5 Å². The summed E-state index contributed by atoms with van der Waals surface area (Å²) in [4.78, 5) is 12.4. The lowest BCUT2D eigenvalue weighted by Gasteiger charge is -2.29. The summed E-state index contributed by atoms with van der Waals surface area (Å²) in [5.41, 5.74) is 4.66. The summed E-state index contributed by atoms with van der Waals surface area (Å²) in [7, 11) is 0. The van der Waals surface area contributed by atoms with Gasteiger partial charge in [-0.2, -0.15) is 0 Å². The van der Waals surface area contributed by atoms with Gasteiger partial charge in [-0.1, -0.05) is 25.7 Å². The second-order valence-corrected chi connectivity index (χ2v) is 5.58. The molecule has 0 atom stereocenters. The third kappa shape index (κ3) is 3.20. The summed E-state index contributed by atoms with van der Waals surface area (Å²) < 4.78 is 39.7. The Bertz CT molecular complexity index is 526. The average Bonchev–Trinajstić information content (AvgIpc) is 2.74. The number of nitrogens with one attached hydrogen (secondary N) is 1. The van der Waals surface area contributed by atoms with Crippen molar-refractivity contribution in [2.24, 2.45) is 11.1 Å². The molecule has 0 bridgehead atoms. The number of rotatable bonds is 3. The van der Waals surface area contributed by atoms with Crippen molar-refractivity contribution < 1.29 is 18.0 Å². The van der Waals surface area contributed by atoms with Crippen LogP contribution in [0.25, 0.3) is 0 Å². The summed E-state index contributed by atoms with van der Waals surface area (Å²) in [6, 6.07) is 1.81. The van der Waals surface area contributed by atoms with Crippen LogP contribution in [-0.2, 0) is 4.79 Å². The van der Waals surface area contributed by atoms with Crippen molar-refractivity contribution >= 4 is 11.6 Å². The first-order valence-electron chi connectivity index (χ1n) is 7.15. The van der Waals surface area contributed by atoms with E-state index < -0.39 is 28.8 Å². The van der Waals surface area contributed by atoms with Gasteiger partial charge in [-0.15, -0.1) is 0 Å². The fourth-order valence-electron chi connectivity index (χ4n) is 2.81. The van der Waals surface area contributed by atoms with E-state index in [0.717, 1.165) is 37.8 Å². The maximum atomic E-state index is 13.6. The monoisotopic (exact) mass is 300 g/mol. The molecule has 1 aliphatic carbocycles. The third-order valence-electron chi connectivity index (χ3n) is 4.22. The van der Waals surface area contributed by atoms with E-state index in [0.29, 0.717) is 12.8 Å².